The van der Waals surface area contributed by atoms with Gasteiger partial charge in [-0.2, -0.15) is 0 Å². The van der Waals surface area contributed by atoms with Gasteiger partial charge in [-0.1, -0.05) is 29.8 Å². The Bertz CT molecular complexity index is 721. The van der Waals surface area contributed by atoms with Gasteiger partial charge in [0.2, 0.25) is 0 Å². The van der Waals surface area contributed by atoms with Crippen molar-refractivity contribution in [3.63, 3.8) is 0 Å². The number of fused-ring (bicyclic) bond motifs is 1. The molecule has 0 amide bonds. The summed E-state index contributed by atoms with van der Waals surface area (Å²) < 4.78 is 7.71. The monoisotopic (exact) mass is 272 g/mol. The molecule has 0 N–H and O–H groups in total. The summed E-state index contributed by atoms with van der Waals surface area (Å²) in [5, 5.41) is 0.685. The molecular weight excluding hydrogens is 260 g/mol. The molecule has 0 spiro atoms. The molecule has 0 unspecified atom stereocenters. The van der Waals surface area contributed by atoms with Crippen molar-refractivity contribution in [1.82, 2.24) is 9.38 Å². The first-order chi connectivity index (χ1) is 9.22. The van der Waals surface area contributed by atoms with Crippen molar-refractivity contribution in [1.29, 1.82) is 0 Å². The predicted molar refractivity (Wildman–Crippen MR) is 75.7 cm³/mol. The summed E-state index contributed by atoms with van der Waals surface area (Å²) in [6.07, 6.45) is 3.84. The van der Waals surface area contributed by atoms with Crippen molar-refractivity contribution in [3.05, 3.63) is 65.1 Å². The van der Waals surface area contributed by atoms with E-state index in [9.17, 15) is 0 Å². The summed E-state index contributed by atoms with van der Waals surface area (Å²) in [5.74, 6) is 0.887. The van der Waals surface area contributed by atoms with Crippen LogP contribution < -0.4 is 4.74 Å². The molecule has 0 atom stereocenters. The Morgan fingerprint density at radius 2 is 2.11 bits per heavy atom. The van der Waals surface area contributed by atoms with Crippen LogP contribution in [0.15, 0.2) is 48.8 Å². The van der Waals surface area contributed by atoms with Crippen LogP contribution in [0.3, 0.4) is 0 Å². The van der Waals surface area contributed by atoms with E-state index in [-0.39, 0.29) is 0 Å². The highest BCUT2D eigenvalue weighted by molar-refractivity contribution is 6.30. The normalized spacial score (nSPS) is 10.8. The van der Waals surface area contributed by atoms with Crippen molar-refractivity contribution in [2.45, 2.75) is 13.5 Å². The van der Waals surface area contributed by atoms with Gasteiger partial charge in [0.15, 0.2) is 0 Å². The number of aromatic nitrogens is 2. The zero-order valence-electron chi connectivity index (χ0n) is 10.5. The molecule has 0 bridgehead atoms. The zero-order valence-corrected chi connectivity index (χ0v) is 11.3. The second kappa shape index (κ2) is 4.94. The van der Waals surface area contributed by atoms with Crippen LogP contribution in [-0.2, 0) is 6.61 Å². The lowest BCUT2D eigenvalue weighted by Gasteiger charge is -2.06. The van der Waals surface area contributed by atoms with E-state index in [1.54, 1.807) is 0 Å². The smallest absolute Gasteiger partial charge is 0.138 e. The van der Waals surface area contributed by atoms with Gasteiger partial charge in [-0.15, -0.1) is 0 Å². The summed E-state index contributed by atoms with van der Waals surface area (Å²) in [4.78, 5) is 4.47. The van der Waals surface area contributed by atoms with Crippen molar-refractivity contribution < 1.29 is 4.74 Å². The quantitative estimate of drug-likeness (QED) is 0.723. The fourth-order valence-electron chi connectivity index (χ4n) is 1.95. The molecule has 3 rings (SSSR count). The summed E-state index contributed by atoms with van der Waals surface area (Å²) >= 11 is 5.94. The van der Waals surface area contributed by atoms with Crippen molar-refractivity contribution in [3.8, 4) is 5.75 Å². The standard InChI is InChI=1S/C15H13ClN2O/c1-11-4-2-3-5-14(11)19-10-13-9-18-7-6-12(16)8-15(18)17-13/h2-9H,10H2,1H3. The number of halogens is 1. The van der Waals surface area contributed by atoms with Gasteiger partial charge >= 0.3 is 0 Å². The Balaban J connectivity index is 1.80. The number of hydrogen-bond donors (Lipinski definition) is 0. The van der Waals surface area contributed by atoms with E-state index >= 15 is 0 Å². The maximum atomic E-state index is 5.94. The Morgan fingerprint density at radius 3 is 2.95 bits per heavy atom. The second-order valence-corrected chi connectivity index (χ2v) is 4.83. The lowest BCUT2D eigenvalue weighted by Crippen LogP contribution is -1.96. The fraction of sp³-hybridized carbons (Fsp3) is 0.133. The Labute approximate surface area is 116 Å². The first-order valence-corrected chi connectivity index (χ1v) is 6.42. The zero-order chi connectivity index (χ0) is 13.2. The molecule has 19 heavy (non-hydrogen) atoms. The average molecular weight is 273 g/mol. The molecule has 0 saturated carbocycles. The van der Waals surface area contributed by atoms with Crippen LogP contribution >= 0.6 is 11.6 Å². The van der Waals surface area contributed by atoms with Gasteiger partial charge in [0.1, 0.15) is 18.0 Å². The first kappa shape index (κ1) is 12.1. The van der Waals surface area contributed by atoms with Gasteiger partial charge in [0, 0.05) is 17.4 Å². The second-order valence-electron chi connectivity index (χ2n) is 4.40. The average Bonchev–Trinajstić information content (AvgIpc) is 2.79. The Morgan fingerprint density at radius 1 is 1.26 bits per heavy atom. The van der Waals surface area contributed by atoms with Crippen molar-refractivity contribution in [2.75, 3.05) is 0 Å². The summed E-state index contributed by atoms with van der Waals surface area (Å²) in [6, 6.07) is 11.6. The van der Waals surface area contributed by atoms with E-state index in [1.807, 2.05) is 60.1 Å². The molecule has 3 aromatic rings. The molecule has 0 aliphatic rings. The molecule has 2 heterocycles. The lowest BCUT2D eigenvalue weighted by atomic mass is 10.2. The Kier molecular flexibility index (Phi) is 3.13. The van der Waals surface area contributed by atoms with Crippen LogP contribution in [0.4, 0.5) is 0 Å². The van der Waals surface area contributed by atoms with Crippen molar-refractivity contribution in [2.24, 2.45) is 0 Å². The molecule has 0 fully saturated rings. The maximum absolute atomic E-state index is 5.94. The summed E-state index contributed by atoms with van der Waals surface area (Å²) in [7, 11) is 0. The molecule has 4 heteroatoms. The van der Waals surface area contributed by atoms with E-state index in [0.717, 1.165) is 22.7 Å². The van der Waals surface area contributed by atoms with E-state index in [4.69, 9.17) is 16.3 Å². The number of hydrogen-bond acceptors (Lipinski definition) is 2. The molecular formula is C15H13ClN2O. The minimum atomic E-state index is 0.449. The Hall–Kier alpha value is -2.00. The third-order valence-electron chi connectivity index (χ3n) is 2.94. The number of para-hydroxylation sites is 1. The van der Waals surface area contributed by atoms with Crippen LogP contribution in [0.5, 0.6) is 5.75 Å². The third kappa shape index (κ3) is 2.56. The van der Waals surface area contributed by atoms with Gasteiger partial charge in [-0.3, -0.25) is 0 Å². The van der Waals surface area contributed by atoms with E-state index in [0.29, 0.717) is 11.6 Å². The van der Waals surface area contributed by atoms with Gasteiger partial charge in [-0.05, 0) is 30.7 Å². The fourth-order valence-corrected chi connectivity index (χ4v) is 2.10. The van der Waals surface area contributed by atoms with Gasteiger partial charge < -0.3 is 9.14 Å². The van der Waals surface area contributed by atoms with Crippen LogP contribution in [0.1, 0.15) is 11.3 Å². The molecule has 1 aromatic carbocycles. The van der Waals surface area contributed by atoms with E-state index in [2.05, 4.69) is 4.98 Å². The number of pyridine rings is 1. The molecule has 0 aliphatic heterocycles. The van der Waals surface area contributed by atoms with Crippen molar-refractivity contribution >= 4 is 17.2 Å². The first-order valence-electron chi connectivity index (χ1n) is 6.04. The molecule has 2 aromatic heterocycles. The molecule has 96 valence electrons. The molecule has 3 nitrogen and oxygen atoms in total. The number of aryl methyl sites for hydroxylation is 1. The van der Waals surface area contributed by atoms with Crippen LogP contribution in [0.25, 0.3) is 5.65 Å². The number of benzene rings is 1. The SMILES string of the molecule is Cc1ccccc1OCc1cn2ccc(Cl)cc2n1. The highest BCUT2D eigenvalue weighted by atomic mass is 35.5. The van der Waals surface area contributed by atoms with Gasteiger partial charge in [0.25, 0.3) is 0 Å². The van der Waals surface area contributed by atoms with Crippen LogP contribution in [0.2, 0.25) is 5.02 Å². The maximum Gasteiger partial charge on any atom is 0.138 e. The summed E-state index contributed by atoms with van der Waals surface area (Å²) in [6.45, 7) is 2.48. The largest absolute Gasteiger partial charge is 0.487 e. The minimum Gasteiger partial charge on any atom is -0.487 e. The summed E-state index contributed by atoms with van der Waals surface area (Å²) in [5.41, 5.74) is 2.83. The van der Waals surface area contributed by atoms with Crippen LogP contribution in [-0.4, -0.2) is 9.38 Å². The van der Waals surface area contributed by atoms with E-state index < -0.39 is 0 Å². The van der Waals surface area contributed by atoms with E-state index in [1.165, 1.54) is 0 Å². The molecule has 0 radical (unpaired) electrons. The topological polar surface area (TPSA) is 26.5 Å². The number of imidazole rings is 1. The van der Waals surface area contributed by atoms with Gasteiger partial charge in [0.05, 0.1) is 5.69 Å². The number of ether oxygens (including phenoxy) is 1. The van der Waals surface area contributed by atoms with Gasteiger partial charge in [-0.25, -0.2) is 4.98 Å². The highest BCUT2D eigenvalue weighted by Crippen LogP contribution is 2.18. The highest BCUT2D eigenvalue weighted by Gasteiger charge is 2.04. The predicted octanol–water partition coefficient (Wildman–Crippen LogP) is 3.88. The number of nitrogens with zero attached hydrogens (tertiary/aromatic N) is 2. The van der Waals surface area contributed by atoms with Crippen LogP contribution in [0, 0.1) is 6.92 Å². The third-order valence-corrected chi connectivity index (χ3v) is 3.18. The molecule has 0 saturated heterocycles. The minimum absolute atomic E-state index is 0.449. The number of rotatable bonds is 3. The lowest BCUT2D eigenvalue weighted by molar-refractivity contribution is 0.300. The molecule has 0 aliphatic carbocycles.